The van der Waals surface area contributed by atoms with Crippen molar-refractivity contribution in [2.75, 3.05) is 0 Å². The molecule has 1 atom stereocenters. The average molecular weight is 256 g/mol. The first-order chi connectivity index (χ1) is 9.20. The summed E-state index contributed by atoms with van der Waals surface area (Å²) in [6.07, 6.45) is 3.79. The topological polar surface area (TPSA) is 55.9 Å². The zero-order valence-electron chi connectivity index (χ0n) is 11.2. The van der Waals surface area contributed by atoms with Crippen molar-refractivity contribution in [2.45, 2.75) is 25.8 Å². The predicted molar refractivity (Wildman–Crippen MR) is 77.7 cm³/mol. The van der Waals surface area contributed by atoms with Gasteiger partial charge in [0.2, 0.25) is 0 Å². The van der Waals surface area contributed by atoms with Gasteiger partial charge in [-0.15, -0.1) is 6.58 Å². The van der Waals surface area contributed by atoms with E-state index in [2.05, 4.69) is 17.1 Å². The van der Waals surface area contributed by atoms with Crippen molar-refractivity contribution in [1.29, 1.82) is 0 Å². The Kier molecular flexibility index (Phi) is 4.49. The molecule has 2 aromatic rings. The van der Waals surface area contributed by atoms with Gasteiger partial charge in [0, 0.05) is 6.20 Å². The molecule has 0 aliphatic heterocycles. The molecule has 4 nitrogen and oxygen atoms in total. The molecule has 0 radical (unpaired) electrons. The summed E-state index contributed by atoms with van der Waals surface area (Å²) in [7, 11) is 0. The molecule has 0 bridgehead atoms. The number of hydrogen-bond acceptors (Lipinski definition) is 3. The summed E-state index contributed by atoms with van der Waals surface area (Å²) in [6, 6.07) is 12.1. The summed E-state index contributed by atoms with van der Waals surface area (Å²) in [5.74, 6) is 5.61. The van der Waals surface area contributed by atoms with Gasteiger partial charge in [-0.3, -0.25) is 11.3 Å². The van der Waals surface area contributed by atoms with Gasteiger partial charge in [-0.2, -0.15) is 5.10 Å². The SMILES string of the molecule is C=C(C)CCC(NN)c1ccn(-c2ccccc2)n1. The van der Waals surface area contributed by atoms with E-state index in [9.17, 15) is 0 Å². The third kappa shape index (κ3) is 3.53. The molecular formula is C15H20N4. The maximum atomic E-state index is 5.61. The Bertz CT molecular complexity index is 530. The van der Waals surface area contributed by atoms with Crippen LogP contribution in [0.15, 0.2) is 54.7 Å². The number of hydrogen-bond donors (Lipinski definition) is 2. The second kappa shape index (κ2) is 6.31. The minimum atomic E-state index is 0.0571. The Morgan fingerprint density at radius 2 is 2.11 bits per heavy atom. The van der Waals surface area contributed by atoms with Crippen LogP contribution in [0.1, 0.15) is 31.5 Å². The van der Waals surface area contributed by atoms with Gasteiger partial charge in [-0.05, 0) is 38.0 Å². The molecule has 1 heterocycles. The van der Waals surface area contributed by atoms with Crippen LogP contribution in [0.4, 0.5) is 0 Å². The number of nitrogens with one attached hydrogen (secondary N) is 1. The van der Waals surface area contributed by atoms with E-state index in [0.29, 0.717) is 0 Å². The van der Waals surface area contributed by atoms with Crippen molar-refractivity contribution in [3.05, 3.63) is 60.4 Å². The monoisotopic (exact) mass is 256 g/mol. The van der Waals surface area contributed by atoms with Crippen LogP contribution in [0.25, 0.3) is 5.69 Å². The highest BCUT2D eigenvalue weighted by atomic mass is 15.3. The quantitative estimate of drug-likeness (QED) is 0.474. The van der Waals surface area contributed by atoms with Gasteiger partial charge in [-0.1, -0.05) is 23.8 Å². The van der Waals surface area contributed by atoms with Crippen molar-refractivity contribution in [2.24, 2.45) is 5.84 Å². The predicted octanol–water partition coefficient (Wildman–Crippen LogP) is 2.73. The molecule has 1 unspecified atom stereocenters. The summed E-state index contributed by atoms with van der Waals surface area (Å²) in [6.45, 7) is 5.94. The summed E-state index contributed by atoms with van der Waals surface area (Å²) >= 11 is 0. The van der Waals surface area contributed by atoms with E-state index >= 15 is 0 Å². The van der Waals surface area contributed by atoms with Gasteiger partial charge in [0.15, 0.2) is 0 Å². The lowest BCUT2D eigenvalue weighted by Gasteiger charge is -2.13. The van der Waals surface area contributed by atoms with E-state index in [0.717, 1.165) is 29.8 Å². The van der Waals surface area contributed by atoms with Gasteiger partial charge in [-0.25, -0.2) is 4.68 Å². The molecule has 2 rings (SSSR count). The van der Waals surface area contributed by atoms with E-state index in [1.807, 2.05) is 54.2 Å². The van der Waals surface area contributed by atoms with Crippen LogP contribution in [0.5, 0.6) is 0 Å². The summed E-state index contributed by atoms with van der Waals surface area (Å²) < 4.78 is 1.86. The van der Waals surface area contributed by atoms with Gasteiger partial charge in [0.25, 0.3) is 0 Å². The lowest BCUT2D eigenvalue weighted by molar-refractivity contribution is 0.500. The molecule has 100 valence electrons. The fourth-order valence-electron chi connectivity index (χ4n) is 1.96. The number of nitrogens with two attached hydrogens (primary N) is 1. The van der Waals surface area contributed by atoms with E-state index in [1.165, 1.54) is 0 Å². The van der Waals surface area contributed by atoms with Gasteiger partial charge in [0.05, 0.1) is 17.4 Å². The van der Waals surface area contributed by atoms with Crippen LogP contribution in [0.2, 0.25) is 0 Å². The van der Waals surface area contributed by atoms with Crippen molar-refractivity contribution >= 4 is 0 Å². The minimum Gasteiger partial charge on any atom is -0.271 e. The third-order valence-corrected chi connectivity index (χ3v) is 3.05. The molecule has 3 N–H and O–H groups in total. The van der Waals surface area contributed by atoms with Gasteiger partial charge >= 0.3 is 0 Å². The molecule has 0 aliphatic rings. The molecule has 4 heteroatoms. The van der Waals surface area contributed by atoms with E-state index < -0.39 is 0 Å². The van der Waals surface area contributed by atoms with Crippen LogP contribution in [-0.4, -0.2) is 9.78 Å². The maximum Gasteiger partial charge on any atom is 0.0812 e. The van der Waals surface area contributed by atoms with Crippen molar-refractivity contribution in [3.63, 3.8) is 0 Å². The smallest absolute Gasteiger partial charge is 0.0812 e. The molecule has 1 aromatic carbocycles. The number of para-hydroxylation sites is 1. The molecule has 0 saturated carbocycles. The van der Waals surface area contributed by atoms with Gasteiger partial charge in [0.1, 0.15) is 0 Å². The van der Waals surface area contributed by atoms with Crippen molar-refractivity contribution in [1.82, 2.24) is 15.2 Å². The molecular weight excluding hydrogens is 236 g/mol. The lowest BCUT2D eigenvalue weighted by Crippen LogP contribution is -2.28. The average Bonchev–Trinajstić information content (AvgIpc) is 2.90. The maximum absolute atomic E-state index is 5.61. The largest absolute Gasteiger partial charge is 0.271 e. The summed E-state index contributed by atoms with van der Waals surface area (Å²) in [4.78, 5) is 0. The number of hydrazine groups is 1. The van der Waals surface area contributed by atoms with Crippen molar-refractivity contribution in [3.8, 4) is 5.69 Å². The Hall–Kier alpha value is -1.91. The Balaban J connectivity index is 2.13. The Morgan fingerprint density at radius 1 is 1.37 bits per heavy atom. The first-order valence-corrected chi connectivity index (χ1v) is 6.42. The minimum absolute atomic E-state index is 0.0571. The number of allylic oxidation sites excluding steroid dienone is 1. The molecule has 19 heavy (non-hydrogen) atoms. The molecule has 0 amide bonds. The number of nitrogens with zero attached hydrogens (tertiary/aromatic N) is 2. The lowest BCUT2D eigenvalue weighted by atomic mass is 10.1. The van der Waals surface area contributed by atoms with Crippen LogP contribution >= 0.6 is 0 Å². The fourth-order valence-corrected chi connectivity index (χ4v) is 1.96. The second-order valence-corrected chi connectivity index (χ2v) is 4.74. The van der Waals surface area contributed by atoms with Gasteiger partial charge < -0.3 is 0 Å². The van der Waals surface area contributed by atoms with Crippen molar-refractivity contribution < 1.29 is 0 Å². The summed E-state index contributed by atoms with van der Waals surface area (Å²) in [5.41, 5.74) is 5.97. The number of rotatable bonds is 6. The zero-order valence-corrected chi connectivity index (χ0v) is 11.2. The zero-order chi connectivity index (χ0) is 13.7. The second-order valence-electron chi connectivity index (χ2n) is 4.74. The van der Waals surface area contributed by atoms with E-state index in [1.54, 1.807) is 0 Å². The highest BCUT2D eigenvalue weighted by molar-refractivity contribution is 5.30. The first kappa shape index (κ1) is 13.5. The van der Waals surface area contributed by atoms with E-state index in [-0.39, 0.29) is 6.04 Å². The molecule has 0 saturated heterocycles. The van der Waals surface area contributed by atoms with Crippen LogP contribution < -0.4 is 11.3 Å². The molecule has 0 fully saturated rings. The third-order valence-electron chi connectivity index (χ3n) is 3.05. The first-order valence-electron chi connectivity index (χ1n) is 6.42. The van der Waals surface area contributed by atoms with E-state index in [4.69, 9.17) is 5.84 Å². The summed E-state index contributed by atoms with van der Waals surface area (Å²) in [5, 5.41) is 4.57. The highest BCUT2D eigenvalue weighted by Crippen LogP contribution is 2.19. The van der Waals surface area contributed by atoms with Crippen LogP contribution in [0.3, 0.4) is 0 Å². The Morgan fingerprint density at radius 3 is 2.74 bits per heavy atom. The number of aromatic nitrogens is 2. The molecule has 1 aromatic heterocycles. The van der Waals surface area contributed by atoms with Crippen LogP contribution in [-0.2, 0) is 0 Å². The Labute approximate surface area is 113 Å². The molecule has 0 spiro atoms. The standard InChI is InChI=1S/C15H20N4/c1-12(2)8-9-14(17-16)15-10-11-19(18-15)13-6-4-3-5-7-13/h3-7,10-11,14,17H,1,8-9,16H2,2H3. The fraction of sp³-hybridized carbons (Fsp3) is 0.267. The molecule has 0 aliphatic carbocycles. The van der Waals surface area contributed by atoms with Crippen LogP contribution in [0, 0.1) is 0 Å². The number of benzene rings is 1. The highest BCUT2D eigenvalue weighted by Gasteiger charge is 2.13. The normalized spacial score (nSPS) is 12.3.